The number of carboxylic acid groups (broad SMARTS) is 1. The van der Waals surface area contributed by atoms with Gasteiger partial charge in [-0.15, -0.1) is 0 Å². The van der Waals surface area contributed by atoms with Gasteiger partial charge in [-0.1, -0.05) is 41.5 Å². The molecule has 8 atom stereocenters. The van der Waals surface area contributed by atoms with Crippen LogP contribution in [-0.4, -0.2) is 45.4 Å². The van der Waals surface area contributed by atoms with Gasteiger partial charge in [0.15, 0.2) is 11.6 Å². The summed E-state index contributed by atoms with van der Waals surface area (Å²) < 4.78 is 0. The molecule has 0 aromatic heterocycles. The third kappa shape index (κ3) is 3.74. The van der Waals surface area contributed by atoms with Crippen molar-refractivity contribution < 1.29 is 34.2 Å². The Balaban J connectivity index is 1.75. The monoisotopic (exact) mass is 514 g/mol. The molecule has 2 N–H and O–H groups in total. The lowest BCUT2D eigenvalue weighted by Crippen LogP contribution is -2.59. The van der Waals surface area contributed by atoms with Crippen molar-refractivity contribution in [3.05, 3.63) is 11.1 Å². The van der Waals surface area contributed by atoms with Crippen molar-refractivity contribution in [3.8, 4) is 0 Å². The summed E-state index contributed by atoms with van der Waals surface area (Å²) in [5.41, 5.74) is -2.13. The Labute approximate surface area is 219 Å². The topological polar surface area (TPSA) is 126 Å². The van der Waals surface area contributed by atoms with Crippen molar-refractivity contribution in [2.45, 2.75) is 99.5 Å². The molecule has 4 aliphatic carbocycles. The molecule has 37 heavy (non-hydrogen) atoms. The molecule has 2 saturated carbocycles. The Bertz CT molecular complexity index is 1110. The molecule has 0 aromatic carbocycles. The third-order valence-corrected chi connectivity index (χ3v) is 11.4. The Morgan fingerprint density at radius 3 is 2.16 bits per heavy atom. The number of carbonyl (C=O) groups excluding carboxylic acids is 4. The number of carbonyl (C=O) groups is 5. The number of rotatable bonds is 6. The van der Waals surface area contributed by atoms with Crippen LogP contribution in [0.25, 0.3) is 0 Å². The van der Waals surface area contributed by atoms with E-state index < -0.39 is 39.7 Å². The second-order valence-electron chi connectivity index (χ2n) is 13.8. The van der Waals surface area contributed by atoms with Crippen molar-refractivity contribution >= 4 is 29.1 Å². The summed E-state index contributed by atoms with van der Waals surface area (Å²) in [7, 11) is 0. The van der Waals surface area contributed by atoms with Crippen molar-refractivity contribution in [1.82, 2.24) is 0 Å². The summed E-state index contributed by atoms with van der Waals surface area (Å²) in [5, 5.41) is 19.9. The lowest BCUT2D eigenvalue weighted by atomic mass is 9.42. The van der Waals surface area contributed by atoms with Crippen LogP contribution in [0.1, 0.15) is 93.4 Å². The highest BCUT2D eigenvalue weighted by atomic mass is 16.4. The van der Waals surface area contributed by atoms with E-state index in [0.717, 1.165) is 0 Å². The van der Waals surface area contributed by atoms with Gasteiger partial charge in [-0.25, -0.2) is 0 Å². The van der Waals surface area contributed by atoms with Gasteiger partial charge in [0.2, 0.25) is 0 Å². The zero-order chi connectivity index (χ0) is 27.9. The largest absolute Gasteiger partial charge is 0.481 e. The molecule has 0 aromatic rings. The Morgan fingerprint density at radius 2 is 1.57 bits per heavy atom. The minimum Gasteiger partial charge on any atom is -0.481 e. The van der Waals surface area contributed by atoms with E-state index in [2.05, 4.69) is 0 Å². The minimum absolute atomic E-state index is 0.0521. The predicted octanol–water partition coefficient (Wildman–Crippen LogP) is 4.34. The molecule has 204 valence electrons. The molecule has 0 amide bonds. The van der Waals surface area contributed by atoms with Crippen LogP contribution in [0, 0.1) is 45.3 Å². The van der Waals surface area contributed by atoms with Gasteiger partial charge in [-0.05, 0) is 48.3 Å². The highest BCUT2D eigenvalue weighted by Crippen LogP contribution is 2.70. The second kappa shape index (κ2) is 8.69. The summed E-state index contributed by atoms with van der Waals surface area (Å²) in [6.45, 7) is 13.2. The van der Waals surface area contributed by atoms with Crippen LogP contribution in [0.5, 0.6) is 0 Å². The standard InChI is InChI=1S/C30H42O7/c1-15(10-17(31)11-16(2)26(36)37)18-12-23(35)30(7)25-19(32)13-21-27(3,4)22(34)8-9-28(21,5)24(25)20(33)14-29(18,30)6/h15-16,18,21-22,34H,8-14H2,1-7H3,(H,36,37)/t15-,16-,18-,21-,22+,28+,29-,30+/m1/s1. The summed E-state index contributed by atoms with van der Waals surface area (Å²) in [5.74, 6) is -2.94. The first-order valence-corrected chi connectivity index (χ1v) is 13.7. The maximum atomic E-state index is 14.0. The molecule has 7 nitrogen and oxygen atoms in total. The fourth-order valence-electron chi connectivity index (χ4n) is 8.84. The minimum atomic E-state index is -1.11. The van der Waals surface area contributed by atoms with Gasteiger partial charge < -0.3 is 10.2 Å². The van der Waals surface area contributed by atoms with Crippen molar-refractivity contribution in [2.24, 2.45) is 45.3 Å². The Morgan fingerprint density at radius 1 is 0.946 bits per heavy atom. The number of aliphatic carboxylic acids is 1. The highest BCUT2D eigenvalue weighted by molar-refractivity contribution is 6.16. The molecule has 0 spiro atoms. The van der Waals surface area contributed by atoms with Crippen molar-refractivity contribution in [3.63, 3.8) is 0 Å². The molecule has 0 saturated heterocycles. The fourth-order valence-corrected chi connectivity index (χ4v) is 8.84. The second-order valence-corrected chi connectivity index (χ2v) is 13.8. The smallest absolute Gasteiger partial charge is 0.306 e. The van der Waals surface area contributed by atoms with Gasteiger partial charge in [0.25, 0.3) is 0 Å². The van der Waals surface area contributed by atoms with Gasteiger partial charge in [0.1, 0.15) is 11.6 Å². The number of allylic oxidation sites excluding steroid dienone is 2. The normalized spacial score (nSPS) is 40.5. The van der Waals surface area contributed by atoms with Crippen LogP contribution < -0.4 is 0 Å². The van der Waals surface area contributed by atoms with E-state index in [4.69, 9.17) is 5.11 Å². The van der Waals surface area contributed by atoms with E-state index in [9.17, 15) is 29.1 Å². The summed E-state index contributed by atoms with van der Waals surface area (Å²) in [4.78, 5) is 65.6. The molecule has 4 rings (SSSR count). The maximum absolute atomic E-state index is 14.0. The Hall–Kier alpha value is -2.15. The van der Waals surface area contributed by atoms with Crippen LogP contribution in [0.4, 0.5) is 0 Å². The van der Waals surface area contributed by atoms with Crippen LogP contribution in [0.15, 0.2) is 11.1 Å². The molecule has 0 aliphatic heterocycles. The number of hydrogen-bond donors (Lipinski definition) is 2. The van der Waals surface area contributed by atoms with Crippen LogP contribution in [0.2, 0.25) is 0 Å². The summed E-state index contributed by atoms with van der Waals surface area (Å²) >= 11 is 0. The van der Waals surface area contributed by atoms with Gasteiger partial charge in [-0.3, -0.25) is 24.0 Å². The van der Waals surface area contributed by atoms with E-state index in [1.54, 1.807) is 0 Å². The number of aliphatic hydroxyl groups is 1. The Kier molecular flexibility index (Phi) is 6.54. The van der Waals surface area contributed by atoms with Crippen LogP contribution in [-0.2, 0) is 24.0 Å². The molecule has 2 fully saturated rings. The molecule has 7 heteroatoms. The average molecular weight is 515 g/mol. The van der Waals surface area contributed by atoms with Crippen molar-refractivity contribution in [2.75, 3.05) is 0 Å². The molecule has 0 heterocycles. The summed E-state index contributed by atoms with van der Waals surface area (Å²) in [6, 6.07) is 0. The quantitative estimate of drug-likeness (QED) is 0.540. The van der Waals surface area contributed by atoms with Crippen LogP contribution >= 0.6 is 0 Å². The van der Waals surface area contributed by atoms with Gasteiger partial charge in [0.05, 0.1) is 17.4 Å². The number of fused-ring (bicyclic) bond motifs is 4. The lowest BCUT2D eigenvalue weighted by Gasteiger charge is -2.60. The average Bonchev–Trinajstić information content (AvgIpc) is 2.99. The van der Waals surface area contributed by atoms with Crippen molar-refractivity contribution in [1.29, 1.82) is 0 Å². The van der Waals surface area contributed by atoms with E-state index in [-0.39, 0.29) is 73.0 Å². The molecular weight excluding hydrogens is 472 g/mol. The number of carboxylic acids is 1. The van der Waals surface area contributed by atoms with Gasteiger partial charge in [0, 0.05) is 48.7 Å². The highest BCUT2D eigenvalue weighted by Gasteiger charge is 2.70. The maximum Gasteiger partial charge on any atom is 0.306 e. The molecule has 0 bridgehead atoms. The number of hydrogen-bond acceptors (Lipinski definition) is 6. The number of Topliss-reactive ketones (excluding diaryl/α,β-unsaturated/α-hetero) is 4. The first-order valence-electron chi connectivity index (χ1n) is 13.7. The van der Waals surface area contributed by atoms with E-state index in [1.165, 1.54) is 6.92 Å². The predicted molar refractivity (Wildman–Crippen MR) is 136 cm³/mol. The first kappa shape index (κ1) is 27.9. The lowest BCUT2D eigenvalue weighted by molar-refractivity contribution is -0.145. The molecule has 0 unspecified atom stereocenters. The molecule has 4 aliphatic rings. The van der Waals surface area contributed by atoms with E-state index in [0.29, 0.717) is 24.0 Å². The zero-order valence-electron chi connectivity index (χ0n) is 23.3. The third-order valence-electron chi connectivity index (χ3n) is 11.4. The molecule has 0 radical (unpaired) electrons. The fraction of sp³-hybridized carbons (Fsp3) is 0.767. The summed E-state index contributed by atoms with van der Waals surface area (Å²) in [6.07, 6.45) is 1.19. The van der Waals surface area contributed by atoms with Gasteiger partial charge >= 0.3 is 5.97 Å². The number of aliphatic hydroxyl groups excluding tert-OH is 1. The SMILES string of the molecule is C[C@H](CC(=O)C[C@@H](C)[C@H]1CC(=O)[C@@]2(C)C3=C(C(=O)C[C@]12C)[C@@]1(C)CC[C@H](O)C(C)(C)[C@H]1CC3=O)C(=O)O. The van der Waals surface area contributed by atoms with Gasteiger partial charge in [-0.2, -0.15) is 0 Å². The van der Waals surface area contributed by atoms with E-state index >= 15 is 0 Å². The molecular formula is C30H42O7. The first-order chi connectivity index (χ1) is 16.9. The van der Waals surface area contributed by atoms with Crippen LogP contribution in [0.3, 0.4) is 0 Å². The van der Waals surface area contributed by atoms with E-state index in [1.807, 2.05) is 41.5 Å². The number of ketones is 4. The zero-order valence-corrected chi connectivity index (χ0v) is 23.3.